The molecule has 0 aromatic carbocycles. The first kappa shape index (κ1) is 12.0. The van der Waals surface area contributed by atoms with E-state index in [0.29, 0.717) is 0 Å². The Morgan fingerprint density at radius 2 is 2.21 bits per heavy atom. The van der Waals surface area contributed by atoms with Gasteiger partial charge in [-0.05, 0) is 6.08 Å². The second-order valence-electron chi connectivity index (χ2n) is 2.49. The number of hydrogen-bond donors (Lipinski definition) is 4. The monoisotopic (exact) mass is 196 g/mol. The van der Waals surface area contributed by atoms with Crippen LogP contribution in [0.4, 0.5) is 0 Å². The third-order valence-corrected chi connectivity index (χ3v) is 1.35. The highest BCUT2D eigenvalue weighted by Crippen LogP contribution is 2.00. The molecule has 0 saturated carbocycles. The van der Waals surface area contributed by atoms with Gasteiger partial charge in [-0.1, -0.05) is 12.0 Å². The van der Waals surface area contributed by atoms with Gasteiger partial charge in [0, 0.05) is 0 Å². The maximum Gasteiger partial charge on any atom is 0.340 e. The third kappa shape index (κ3) is 3.60. The van der Waals surface area contributed by atoms with Crippen molar-refractivity contribution < 1.29 is 9.90 Å². The largest absolute Gasteiger partial charge is 0.479 e. The summed E-state index contributed by atoms with van der Waals surface area (Å²) in [6, 6.07) is 0. The van der Waals surface area contributed by atoms with Gasteiger partial charge in [0.2, 0.25) is 0 Å². The van der Waals surface area contributed by atoms with Crippen molar-refractivity contribution in [3.63, 3.8) is 0 Å². The average molecular weight is 196 g/mol. The zero-order valence-corrected chi connectivity index (χ0v) is 7.47. The highest BCUT2D eigenvalue weighted by atomic mass is 16.4. The van der Waals surface area contributed by atoms with Crippen LogP contribution in [0.2, 0.25) is 0 Å². The molecular weight excluding hydrogens is 184 g/mol. The molecule has 0 amide bonds. The van der Waals surface area contributed by atoms with Crippen molar-refractivity contribution in [1.29, 1.82) is 0 Å². The van der Waals surface area contributed by atoms with Gasteiger partial charge in [-0.25, -0.2) is 9.79 Å². The first-order chi connectivity index (χ1) is 6.42. The van der Waals surface area contributed by atoms with Crippen molar-refractivity contribution in [3.8, 4) is 12.3 Å². The summed E-state index contributed by atoms with van der Waals surface area (Å²) in [5, 5.41) is 8.64. The Morgan fingerprint density at radius 3 is 2.57 bits per heavy atom. The zero-order chi connectivity index (χ0) is 11.2. The summed E-state index contributed by atoms with van der Waals surface area (Å²) in [6.45, 7) is 0.135. The van der Waals surface area contributed by atoms with E-state index in [9.17, 15) is 4.79 Å². The first-order valence-corrected chi connectivity index (χ1v) is 3.65. The van der Waals surface area contributed by atoms with Crippen LogP contribution in [0.1, 0.15) is 0 Å². The molecule has 6 nitrogen and oxygen atoms in total. The van der Waals surface area contributed by atoms with Crippen LogP contribution in [0.3, 0.4) is 0 Å². The molecule has 0 aliphatic rings. The molecular formula is C8H12N4O2. The number of nitrogens with two attached hydrogens (primary N) is 3. The number of guanidine groups is 1. The number of aliphatic imine (C=N–C) groups is 1. The number of terminal acetylenes is 1. The average Bonchev–Trinajstić information content (AvgIpc) is 2.11. The van der Waals surface area contributed by atoms with E-state index in [-0.39, 0.29) is 12.5 Å². The van der Waals surface area contributed by atoms with E-state index in [1.54, 1.807) is 0 Å². The van der Waals surface area contributed by atoms with Gasteiger partial charge >= 0.3 is 5.97 Å². The number of nitrogens with zero attached hydrogens (tertiary/aromatic N) is 1. The summed E-state index contributed by atoms with van der Waals surface area (Å²) in [5.41, 5.74) is 13.6. The van der Waals surface area contributed by atoms with E-state index in [0.717, 1.165) is 6.08 Å². The molecule has 0 rings (SSSR count). The van der Waals surface area contributed by atoms with Crippen molar-refractivity contribution >= 4 is 11.9 Å². The Hall–Kier alpha value is -2.00. The van der Waals surface area contributed by atoms with Gasteiger partial charge in [0.05, 0.1) is 6.54 Å². The van der Waals surface area contributed by atoms with Crippen molar-refractivity contribution in [2.75, 3.05) is 6.54 Å². The Kier molecular flexibility index (Phi) is 4.19. The second-order valence-corrected chi connectivity index (χ2v) is 2.49. The van der Waals surface area contributed by atoms with Gasteiger partial charge in [-0.15, -0.1) is 6.42 Å². The van der Waals surface area contributed by atoms with Crippen LogP contribution < -0.4 is 17.2 Å². The number of hydrogen-bond acceptors (Lipinski definition) is 3. The van der Waals surface area contributed by atoms with Crippen LogP contribution in [0.5, 0.6) is 0 Å². The summed E-state index contributed by atoms with van der Waals surface area (Å²) in [7, 11) is 0. The summed E-state index contributed by atoms with van der Waals surface area (Å²) in [5.74, 6) is 0.552. The Balaban J connectivity index is 4.43. The highest BCUT2D eigenvalue weighted by molar-refractivity contribution is 5.85. The molecule has 76 valence electrons. The lowest BCUT2D eigenvalue weighted by Crippen LogP contribution is -2.44. The predicted molar refractivity (Wildman–Crippen MR) is 53.2 cm³/mol. The lowest BCUT2D eigenvalue weighted by Gasteiger charge is -2.11. The minimum absolute atomic E-state index is 0.0895. The fourth-order valence-electron chi connectivity index (χ4n) is 0.578. The molecule has 1 unspecified atom stereocenters. The second kappa shape index (κ2) is 4.89. The van der Waals surface area contributed by atoms with E-state index in [2.05, 4.69) is 4.99 Å². The van der Waals surface area contributed by atoms with E-state index in [4.69, 9.17) is 28.7 Å². The first-order valence-electron chi connectivity index (χ1n) is 3.65. The minimum atomic E-state index is -1.81. The van der Waals surface area contributed by atoms with Gasteiger partial charge in [0.1, 0.15) is 0 Å². The van der Waals surface area contributed by atoms with Crippen LogP contribution in [0, 0.1) is 12.3 Å². The smallest absolute Gasteiger partial charge is 0.340 e. The molecule has 1 atom stereocenters. The SMILES string of the molecule is C#CC(N)(C=CCN=C(N)N)C(=O)O. The molecule has 0 aromatic rings. The zero-order valence-electron chi connectivity index (χ0n) is 7.47. The van der Waals surface area contributed by atoms with Crippen LogP contribution in [-0.2, 0) is 4.79 Å². The molecule has 7 N–H and O–H groups in total. The summed E-state index contributed by atoms with van der Waals surface area (Å²) >= 11 is 0. The summed E-state index contributed by atoms with van der Waals surface area (Å²) in [6.07, 6.45) is 7.49. The molecule has 0 bridgehead atoms. The van der Waals surface area contributed by atoms with E-state index < -0.39 is 11.5 Å². The molecule has 14 heavy (non-hydrogen) atoms. The van der Waals surface area contributed by atoms with Crippen LogP contribution in [-0.4, -0.2) is 29.1 Å². The Labute approximate surface area is 81.5 Å². The third-order valence-electron chi connectivity index (χ3n) is 1.35. The molecule has 0 aliphatic carbocycles. The number of carboxylic acids is 1. The van der Waals surface area contributed by atoms with Crippen LogP contribution in [0.25, 0.3) is 0 Å². The van der Waals surface area contributed by atoms with Gasteiger partial charge in [0.25, 0.3) is 0 Å². The van der Waals surface area contributed by atoms with E-state index in [1.165, 1.54) is 6.08 Å². The summed E-state index contributed by atoms with van der Waals surface area (Å²) < 4.78 is 0. The fourth-order valence-corrected chi connectivity index (χ4v) is 0.578. The standard InChI is InChI=1S/C8H12N4O2/c1-2-8(11,6(13)14)4-3-5-12-7(9)10/h1,3-4H,5,11H2,(H,13,14)(H4,9,10,12). The lowest BCUT2D eigenvalue weighted by molar-refractivity contribution is -0.139. The molecule has 0 radical (unpaired) electrons. The van der Waals surface area contributed by atoms with Crippen molar-refractivity contribution in [3.05, 3.63) is 12.2 Å². The van der Waals surface area contributed by atoms with E-state index >= 15 is 0 Å². The number of carbonyl (C=O) groups is 1. The maximum absolute atomic E-state index is 10.6. The Bertz CT molecular complexity index is 312. The molecule has 0 aromatic heterocycles. The van der Waals surface area contributed by atoms with Crippen LogP contribution >= 0.6 is 0 Å². The minimum Gasteiger partial charge on any atom is -0.479 e. The molecule has 0 aliphatic heterocycles. The number of rotatable bonds is 4. The van der Waals surface area contributed by atoms with Gasteiger partial charge in [-0.2, -0.15) is 0 Å². The number of carboxylic acid groups (broad SMARTS) is 1. The van der Waals surface area contributed by atoms with Gasteiger partial charge in [0.15, 0.2) is 11.5 Å². The summed E-state index contributed by atoms with van der Waals surface area (Å²) in [4.78, 5) is 14.2. The van der Waals surface area contributed by atoms with E-state index in [1.807, 2.05) is 5.92 Å². The quantitative estimate of drug-likeness (QED) is 0.183. The topological polar surface area (TPSA) is 128 Å². The normalized spacial score (nSPS) is 14.3. The molecule has 6 heteroatoms. The van der Waals surface area contributed by atoms with Crippen molar-refractivity contribution in [2.45, 2.75) is 5.54 Å². The Morgan fingerprint density at radius 1 is 1.64 bits per heavy atom. The van der Waals surface area contributed by atoms with Gasteiger partial charge in [-0.3, -0.25) is 0 Å². The lowest BCUT2D eigenvalue weighted by atomic mass is 10.0. The number of aliphatic carboxylic acids is 1. The predicted octanol–water partition coefficient (Wildman–Crippen LogP) is -1.77. The fraction of sp³-hybridized carbons (Fsp3) is 0.250. The molecule has 0 heterocycles. The maximum atomic E-state index is 10.6. The molecule has 0 spiro atoms. The van der Waals surface area contributed by atoms with Crippen LogP contribution in [0.15, 0.2) is 17.1 Å². The molecule has 0 fully saturated rings. The molecule has 0 saturated heterocycles. The van der Waals surface area contributed by atoms with Gasteiger partial charge < -0.3 is 22.3 Å². The highest BCUT2D eigenvalue weighted by Gasteiger charge is 2.27. The van der Waals surface area contributed by atoms with Crippen molar-refractivity contribution in [1.82, 2.24) is 0 Å². The van der Waals surface area contributed by atoms with Crippen molar-refractivity contribution in [2.24, 2.45) is 22.2 Å².